The van der Waals surface area contributed by atoms with Gasteiger partial charge in [-0.3, -0.25) is 4.79 Å². The predicted octanol–water partition coefficient (Wildman–Crippen LogP) is 5.25. The van der Waals surface area contributed by atoms with Crippen LogP contribution in [0.3, 0.4) is 0 Å². The van der Waals surface area contributed by atoms with E-state index in [0.29, 0.717) is 19.6 Å². The summed E-state index contributed by atoms with van der Waals surface area (Å²) < 4.78 is 7.04. The molecule has 0 aliphatic heterocycles. The Hall–Kier alpha value is -2.99. The second-order valence-electron chi connectivity index (χ2n) is 6.15. The third-order valence-electron chi connectivity index (χ3n) is 4.25. The van der Waals surface area contributed by atoms with Crippen molar-refractivity contribution in [2.75, 3.05) is 23.0 Å². The number of carbonyl (C=O) groups is 1. The first-order valence-corrected chi connectivity index (χ1v) is 9.70. The molecule has 0 bridgehead atoms. The van der Waals surface area contributed by atoms with Crippen molar-refractivity contribution < 1.29 is 9.53 Å². The summed E-state index contributed by atoms with van der Waals surface area (Å²) in [6.07, 6.45) is 0.668. The molecule has 28 heavy (non-hydrogen) atoms. The summed E-state index contributed by atoms with van der Waals surface area (Å²) in [7, 11) is 1.82. The van der Waals surface area contributed by atoms with E-state index in [1.54, 1.807) is 0 Å². The molecular formula is C22H22BrN3O2. The highest BCUT2D eigenvalue weighted by Gasteiger charge is 2.07. The molecule has 0 aromatic heterocycles. The van der Waals surface area contributed by atoms with Crippen molar-refractivity contribution in [1.29, 1.82) is 0 Å². The number of halogens is 1. The molecule has 5 nitrogen and oxygen atoms in total. The molecule has 1 amide bonds. The summed E-state index contributed by atoms with van der Waals surface area (Å²) in [6, 6.07) is 21.8. The Morgan fingerprint density at radius 1 is 1.00 bits per heavy atom. The summed E-state index contributed by atoms with van der Waals surface area (Å²) in [5.41, 5.74) is 4.69. The molecule has 0 fully saturated rings. The number of nitrogens with one attached hydrogen (secondary N) is 3. The molecule has 3 aromatic rings. The summed E-state index contributed by atoms with van der Waals surface area (Å²) in [6.45, 7) is 1.12. The number of hydrogen-bond donors (Lipinski definition) is 3. The molecule has 3 aromatic carbocycles. The lowest BCUT2D eigenvalue weighted by atomic mass is 10.1. The number of carbonyl (C=O) groups excluding carboxylic acids is 1. The highest BCUT2D eigenvalue weighted by molar-refractivity contribution is 9.10. The van der Waals surface area contributed by atoms with Crippen LogP contribution in [-0.4, -0.2) is 13.5 Å². The number of hydrogen-bond acceptors (Lipinski definition) is 4. The van der Waals surface area contributed by atoms with Gasteiger partial charge in [0.15, 0.2) is 0 Å². The van der Waals surface area contributed by atoms with Gasteiger partial charge < -0.3 is 20.7 Å². The summed E-state index contributed by atoms with van der Waals surface area (Å²) in [4.78, 5) is 10.7. The SMILES string of the molecule is CNc1cc(NCc2cc(Br)ccc2OCc2ccccc2)ccc1NC=O. The van der Waals surface area contributed by atoms with Crippen LogP contribution in [0.1, 0.15) is 11.1 Å². The van der Waals surface area contributed by atoms with Crippen molar-refractivity contribution in [3.8, 4) is 5.75 Å². The normalized spacial score (nSPS) is 10.2. The van der Waals surface area contributed by atoms with Crippen LogP contribution >= 0.6 is 15.9 Å². The van der Waals surface area contributed by atoms with Crippen molar-refractivity contribution in [3.05, 3.63) is 82.3 Å². The Morgan fingerprint density at radius 2 is 1.82 bits per heavy atom. The Balaban J connectivity index is 1.71. The van der Waals surface area contributed by atoms with Gasteiger partial charge in [0, 0.05) is 29.3 Å². The lowest BCUT2D eigenvalue weighted by molar-refractivity contribution is -0.105. The summed E-state index contributed by atoms with van der Waals surface area (Å²) >= 11 is 3.53. The Kier molecular flexibility index (Phi) is 6.92. The van der Waals surface area contributed by atoms with Gasteiger partial charge in [0.05, 0.1) is 11.4 Å². The topological polar surface area (TPSA) is 62.4 Å². The smallest absolute Gasteiger partial charge is 0.211 e. The number of rotatable bonds is 9. The Labute approximate surface area is 173 Å². The molecule has 0 atom stereocenters. The van der Waals surface area contributed by atoms with Crippen LogP contribution in [0.25, 0.3) is 0 Å². The van der Waals surface area contributed by atoms with E-state index in [0.717, 1.165) is 38.4 Å². The van der Waals surface area contributed by atoms with E-state index in [4.69, 9.17) is 4.74 Å². The van der Waals surface area contributed by atoms with Gasteiger partial charge in [0.25, 0.3) is 0 Å². The zero-order valence-electron chi connectivity index (χ0n) is 15.5. The lowest BCUT2D eigenvalue weighted by Gasteiger charge is -2.15. The minimum Gasteiger partial charge on any atom is -0.489 e. The maximum atomic E-state index is 10.7. The zero-order valence-corrected chi connectivity index (χ0v) is 17.1. The maximum absolute atomic E-state index is 10.7. The number of anilines is 3. The average Bonchev–Trinajstić information content (AvgIpc) is 2.73. The first-order valence-electron chi connectivity index (χ1n) is 8.90. The van der Waals surface area contributed by atoms with E-state index < -0.39 is 0 Å². The van der Waals surface area contributed by atoms with Crippen LogP contribution in [0.4, 0.5) is 17.1 Å². The molecule has 0 saturated heterocycles. The second-order valence-corrected chi connectivity index (χ2v) is 7.07. The van der Waals surface area contributed by atoms with Crippen molar-refractivity contribution in [2.24, 2.45) is 0 Å². The van der Waals surface area contributed by atoms with Gasteiger partial charge in [-0.25, -0.2) is 0 Å². The molecule has 144 valence electrons. The fourth-order valence-electron chi connectivity index (χ4n) is 2.81. The van der Waals surface area contributed by atoms with Crippen LogP contribution < -0.4 is 20.7 Å². The number of ether oxygens (including phenoxy) is 1. The third kappa shape index (κ3) is 5.27. The van der Waals surface area contributed by atoms with Crippen LogP contribution in [0.15, 0.2) is 71.2 Å². The van der Waals surface area contributed by atoms with Gasteiger partial charge in [0.2, 0.25) is 6.41 Å². The molecule has 3 rings (SSSR count). The van der Waals surface area contributed by atoms with Crippen molar-refractivity contribution in [1.82, 2.24) is 0 Å². The maximum Gasteiger partial charge on any atom is 0.211 e. The molecule has 0 spiro atoms. The fraction of sp³-hybridized carbons (Fsp3) is 0.136. The van der Waals surface area contributed by atoms with Crippen molar-refractivity contribution >= 4 is 39.4 Å². The molecule has 0 unspecified atom stereocenters. The first kappa shape index (κ1) is 19.8. The molecule has 0 aliphatic carbocycles. The van der Waals surface area contributed by atoms with Gasteiger partial charge in [0.1, 0.15) is 12.4 Å². The largest absolute Gasteiger partial charge is 0.489 e. The van der Waals surface area contributed by atoms with E-state index >= 15 is 0 Å². The van der Waals surface area contributed by atoms with E-state index in [1.807, 2.05) is 67.7 Å². The first-order chi connectivity index (χ1) is 13.7. The quantitative estimate of drug-likeness (QED) is 0.398. The minimum atomic E-state index is 0.519. The van der Waals surface area contributed by atoms with Gasteiger partial charge >= 0.3 is 0 Å². The Bertz CT molecular complexity index is 932. The number of amides is 1. The summed E-state index contributed by atoms with van der Waals surface area (Å²) in [5.74, 6) is 0.840. The van der Waals surface area contributed by atoms with E-state index in [9.17, 15) is 4.79 Å². The summed E-state index contributed by atoms with van der Waals surface area (Å²) in [5, 5.41) is 9.18. The van der Waals surface area contributed by atoms with E-state index in [2.05, 4.69) is 37.9 Å². The molecule has 0 heterocycles. The van der Waals surface area contributed by atoms with Gasteiger partial charge in [-0.2, -0.15) is 0 Å². The predicted molar refractivity (Wildman–Crippen MR) is 118 cm³/mol. The molecule has 3 N–H and O–H groups in total. The van der Waals surface area contributed by atoms with Crippen LogP contribution in [0, 0.1) is 0 Å². The highest BCUT2D eigenvalue weighted by Crippen LogP contribution is 2.28. The standard InChI is InChI=1S/C22H22BrN3O2/c1-24-21-12-19(8-9-20(21)26-15-27)25-13-17-11-18(23)7-10-22(17)28-14-16-5-3-2-4-6-16/h2-12,15,24-25H,13-14H2,1H3,(H,26,27). The third-order valence-corrected chi connectivity index (χ3v) is 4.74. The van der Waals surface area contributed by atoms with Gasteiger partial charge in [-0.1, -0.05) is 46.3 Å². The van der Waals surface area contributed by atoms with Crippen molar-refractivity contribution in [2.45, 2.75) is 13.2 Å². The van der Waals surface area contributed by atoms with Crippen LogP contribution in [-0.2, 0) is 17.9 Å². The number of benzene rings is 3. The van der Waals surface area contributed by atoms with Gasteiger partial charge in [-0.15, -0.1) is 0 Å². The van der Waals surface area contributed by atoms with Gasteiger partial charge in [-0.05, 0) is 42.0 Å². The molecule has 0 saturated carbocycles. The van der Waals surface area contributed by atoms with E-state index in [1.165, 1.54) is 0 Å². The fourth-order valence-corrected chi connectivity index (χ4v) is 3.22. The minimum absolute atomic E-state index is 0.519. The monoisotopic (exact) mass is 439 g/mol. The molecule has 0 radical (unpaired) electrons. The lowest BCUT2D eigenvalue weighted by Crippen LogP contribution is -2.05. The molecule has 0 aliphatic rings. The second kappa shape index (κ2) is 9.80. The van der Waals surface area contributed by atoms with Crippen LogP contribution in [0.2, 0.25) is 0 Å². The molecule has 6 heteroatoms. The molecular weight excluding hydrogens is 418 g/mol. The zero-order chi connectivity index (χ0) is 19.8. The van der Waals surface area contributed by atoms with Crippen molar-refractivity contribution in [3.63, 3.8) is 0 Å². The highest BCUT2D eigenvalue weighted by atomic mass is 79.9. The van der Waals surface area contributed by atoms with E-state index in [-0.39, 0.29) is 0 Å². The average molecular weight is 440 g/mol. The Morgan fingerprint density at radius 3 is 2.57 bits per heavy atom. The van der Waals surface area contributed by atoms with Crippen LogP contribution in [0.5, 0.6) is 5.75 Å².